The number of hydrogen-bond donors (Lipinski definition) is 0. The number of ether oxygens (including phenoxy) is 4. The van der Waals surface area contributed by atoms with E-state index in [4.69, 9.17) is 18.9 Å². The van der Waals surface area contributed by atoms with E-state index < -0.39 is 29.3 Å². The third-order valence-electron chi connectivity index (χ3n) is 2.92. The van der Waals surface area contributed by atoms with Gasteiger partial charge in [-0.05, 0) is 6.92 Å². The molecule has 0 radical (unpaired) electrons. The molecule has 0 aromatic carbocycles. The second kappa shape index (κ2) is 11.4. The molecule has 0 aromatic heterocycles. The largest absolute Gasteiger partial charge is 0.462 e. The highest BCUT2D eigenvalue weighted by atomic mass is 16.6. The number of hydrogen-bond acceptors (Lipinski definition) is 8. The standard InChI is InChI=1S/C18H22O8/c1-6-14(19)23-9-18(10-24-15(20)7-2,11-25-16(21)8-3)12-26-17(22)13(4)5/h6-8H,1-4,9-12H2,5H3. The first kappa shape index (κ1) is 22.8. The van der Waals surface area contributed by atoms with E-state index in [2.05, 4.69) is 26.3 Å². The molecule has 0 aliphatic carbocycles. The van der Waals surface area contributed by atoms with E-state index in [1.165, 1.54) is 6.92 Å². The van der Waals surface area contributed by atoms with Gasteiger partial charge < -0.3 is 18.9 Å². The van der Waals surface area contributed by atoms with E-state index in [1.807, 2.05) is 0 Å². The maximum Gasteiger partial charge on any atom is 0.333 e. The van der Waals surface area contributed by atoms with Crippen molar-refractivity contribution in [3.8, 4) is 0 Å². The normalized spacial score (nSPS) is 10.0. The lowest BCUT2D eigenvalue weighted by Crippen LogP contribution is -2.43. The fourth-order valence-corrected chi connectivity index (χ4v) is 1.44. The Morgan fingerprint density at radius 1 is 0.731 bits per heavy atom. The summed E-state index contributed by atoms with van der Waals surface area (Å²) in [5, 5.41) is 0. The van der Waals surface area contributed by atoms with Crippen molar-refractivity contribution < 1.29 is 38.1 Å². The van der Waals surface area contributed by atoms with Crippen molar-refractivity contribution in [3.05, 3.63) is 50.1 Å². The fourth-order valence-electron chi connectivity index (χ4n) is 1.44. The van der Waals surface area contributed by atoms with Crippen LogP contribution >= 0.6 is 0 Å². The maximum absolute atomic E-state index is 11.7. The summed E-state index contributed by atoms with van der Waals surface area (Å²) in [5.74, 6) is -2.99. The second-order valence-electron chi connectivity index (χ2n) is 5.29. The molecule has 0 aliphatic rings. The van der Waals surface area contributed by atoms with Crippen molar-refractivity contribution in [2.45, 2.75) is 6.92 Å². The average molecular weight is 366 g/mol. The monoisotopic (exact) mass is 366 g/mol. The molecule has 0 saturated carbocycles. The Morgan fingerprint density at radius 3 is 1.31 bits per heavy atom. The highest BCUT2D eigenvalue weighted by Crippen LogP contribution is 2.22. The second-order valence-corrected chi connectivity index (χ2v) is 5.29. The minimum Gasteiger partial charge on any atom is -0.462 e. The van der Waals surface area contributed by atoms with Gasteiger partial charge in [0.1, 0.15) is 31.8 Å². The molecule has 0 N–H and O–H groups in total. The van der Waals surface area contributed by atoms with E-state index >= 15 is 0 Å². The highest BCUT2D eigenvalue weighted by molar-refractivity contribution is 5.87. The summed E-state index contributed by atoms with van der Waals surface area (Å²) < 4.78 is 20.0. The van der Waals surface area contributed by atoms with Crippen LogP contribution in [-0.4, -0.2) is 50.3 Å². The summed E-state index contributed by atoms with van der Waals surface area (Å²) in [6, 6.07) is 0. The van der Waals surface area contributed by atoms with Gasteiger partial charge in [0.15, 0.2) is 0 Å². The molecule has 0 atom stereocenters. The summed E-state index contributed by atoms with van der Waals surface area (Å²) >= 11 is 0. The van der Waals surface area contributed by atoms with Gasteiger partial charge in [0, 0.05) is 23.8 Å². The van der Waals surface area contributed by atoms with Crippen LogP contribution in [0.3, 0.4) is 0 Å². The van der Waals surface area contributed by atoms with Crippen LogP contribution in [0.2, 0.25) is 0 Å². The maximum atomic E-state index is 11.7. The quantitative estimate of drug-likeness (QED) is 0.289. The number of rotatable bonds is 12. The third kappa shape index (κ3) is 8.62. The predicted octanol–water partition coefficient (Wildman–Crippen LogP) is 1.28. The van der Waals surface area contributed by atoms with Crippen molar-refractivity contribution in [1.29, 1.82) is 0 Å². The molecule has 0 heterocycles. The topological polar surface area (TPSA) is 105 Å². The van der Waals surface area contributed by atoms with Crippen LogP contribution in [0.4, 0.5) is 0 Å². The third-order valence-corrected chi connectivity index (χ3v) is 2.92. The smallest absolute Gasteiger partial charge is 0.333 e. The van der Waals surface area contributed by atoms with Gasteiger partial charge in [-0.3, -0.25) is 0 Å². The Kier molecular flexibility index (Phi) is 10.0. The molecular weight excluding hydrogens is 344 g/mol. The first-order valence-electron chi connectivity index (χ1n) is 7.40. The van der Waals surface area contributed by atoms with E-state index in [1.54, 1.807) is 0 Å². The molecule has 8 heteroatoms. The van der Waals surface area contributed by atoms with Gasteiger partial charge >= 0.3 is 23.9 Å². The van der Waals surface area contributed by atoms with Gasteiger partial charge in [-0.2, -0.15) is 0 Å². The van der Waals surface area contributed by atoms with Crippen molar-refractivity contribution in [2.24, 2.45) is 5.41 Å². The molecule has 0 rings (SSSR count). The molecule has 8 nitrogen and oxygen atoms in total. The van der Waals surface area contributed by atoms with Gasteiger partial charge in [-0.15, -0.1) is 0 Å². The number of carbonyl (C=O) groups excluding carboxylic acids is 4. The summed E-state index contributed by atoms with van der Waals surface area (Å²) in [7, 11) is 0. The Labute approximate surface area is 151 Å². The van der Waals surface area contributed by atoms with Crippen LogP contribution in [0.15, 0.2) is 50.1 Å². The van der Waals surface area contributed by atoms with Crippen LogP contribution in [0, 0.1) is 5.41 Å². The average Bonchev–Trinajstić information content (AvgIpc) is 2.65. The minimum absolute atomic E-state index is 0.133. The van der Waals surface area contributed by atoms with Gasteiger partial charge in [0.05, 0.1) is 0 Å². The van der Waals surface area contributed by atoms with Crippen molar-refractivity contribution in [3.63, 3.8) is 0 Å². The predicted molar refractivity (Wildman–Crippen MR) is 91.7 cm³/mol. The zero-order valence-corrected chi connectivity index (χ0v) is 14.7. The van der Waals surface area contributed by atoms with Crippen LogP contribution < -0.4 is 0 Å². The van der Waals surface area contributed by atoms with Crippen LogP contribution in [-0.2, 0) is 38.1 Å². The van der Waals surface area contributed by atoms with Gasteiger partial charge in [0.25, 0.3) is 0 Å². The molecule has 0 bridgehead atoms. The van der Waals surface area contributed by atoms with Gasteiger partial charge in [0.2, 0.25) is 0 Å². The molecule has 142 valence electrons. The molecule has 0 aliphatic heterocycles. The fraction of sp³-hybridized carbons (Fsp3) is 0.333. The summed E-state index contributed by atoms with van der Waals surface area (Å²) in [5.41, 5.74) is -1.21. The SMILES string of the molecule is C=CC(=O)OCC(COC(=O)C=C)(COC(=O)C=C)COC(=O)C(=C)C. The Balaban J connectivity index is 5.44. The lowest BCUT2D eigenvalue weighted by molar-refractivity contribution is -0.164. The minimum atomic E-state index is -1.35. The lowest BCUT2D eigenvalue weighted by Gasteiger charge is -2.31. The first-order chi connectivity index (χ1) is 12.2. The summed E-state index contributed by atoms with van der Waals surface area (Å²) in [6.45, 7) is 13.2. The number of carbonyl (C=O) groups is 4. The lowest BCUT2D eigenvalue weighted by atomic mass is 9.92. The number of esters is 4. The van der Waals surface area contributed by atoms with Crippen LogP contribution in [0.5, 0.6) is 0 Å². The van der Waals surface area contributed by atoms with Crippen LogP contribution in [0.1, 0.15) is 6.92 Å². The zero-order chi connectivity index (χ0) is 20.2. The summed E-state index contributed by atoms with van der Waals surface area (Å²) in [6.07, 6.45) is 2.78. The van der Waals surface area contributed by atoms with Gasteiger partial charge in [-0.1, -0.05) is 26.3 Å². The molecule has 0 amide bonds. The molecular formula is C18H22O8. The molecule has 0 aromatic rings. The first-order valence-corrected chi connectivity index (χ1v) is 7.40. The van der Waals surface area contributed by atoms with Crippen LogP contribution in [0.25, 0.3) is 0 Å². The Bertz CT molecular complexity index is 542. The van der Waals surface area contributed by atoms with E-state index in [9.17, 15) is 19.2 Å². The highest BCUT2D eigenvalue weighted by Gasteiger charge is 2.37. The van der Waals surface area contributed by atoms with Crippen molar-refractivity contribution >= 4 is 23.9 Å². The molecule has 0 fully saturated rings. The Hall–Kier alpha value is -3.16. The summed E-state index contributed by atoms with van der Waals surface area (Å²) in [4.78, 5) is 45.8. The molecule has 26 heavy (non-hydrogen) atoms. The van der Waals surface area contributed by atoms with Gasteiger partial charge in [-0.25, -0.2) is 19.2 Å². The molecule has 0 saturated heterocycles. The van der Waals surface area contributed by atoms with E-state index in [0.717, 1.165) is 18.2 Å². The van der Waals surface area contributed by atoms with E-state index in [-0.39, 0.29) is 32.0 Å². The molecule has 0 unspecified atom stereocenters. The molecule has 0 spiro atoms. The zero-order valence-electron chi connectivity index (χ0n) is 14.7. The Morgan fingerprint density at radius 2 is 1.04 bits per heavy atom. The van der Waals surface area contributed by atoms with Crippen molar-refractivity contribution in [2.75, 3.05) is 26.4 Å². The van der Waals surface area contributed by atoms with E-state index in [0.29, 0.717) is 0 Å². The van der Waals surface area contributed by atoms with Crippen molar-refractivity contribution in [1.82, 2.24) is 0 Å².